The minimum Gasteiger partial charge on any atom is -0.494 e. The zero-order valence-corrected chi connectivity index (χ0v) is 15.2. The minimum absolute atomic E-state index is 0.0622. The molecular formula is C17H26N2O4S. The molecule has 0 atom stereocenters. The lowest BCUT2D eigenvalue weighted by molar-refractivity contribution is 0.0764. The van der Waals surface area contributed by atoms with E-state index in [2.05, 4.69) is 0 Å². The van der Waals surface area contributed by atoms with Gasteiger partial charge in [-0.25, -0.2) is 12.7 Å². The highest BCUT2D eigenvalue weighted by Crippen LogP contribution is 2.16. The fraction of sp³-hybridized carbons (Fsp3) is 0.588. The van der Waals surface area contributed by atoms with Crippen LogP contribution in [-0.4, -0.2) is 62.1 Å². The van der Waals surface area contributed by atoms with Crippen molar-refractivity contribution in [3.63, 3.8) is 0 Å². The quantitative estimate of drug-likeness (QED) is 0.783. The lowest BCUT2D eigenvalue weighted by Gasteiger charge is -2.21. The van der Waals surface area contributed by atoms with Crippen LogP contribution in [-0.2, 0) is 10.0 Å². The van der Waals surface area contributed by atoms with Crippen LogP contribution in [0.25, 0.3) is 0 Å². The van der Waals surface area contributed by atoms with Crippen molar-refractivity contribution < 1.29 is 17.9 Å². The van der Waals surface area contributed by atoms with Gasteiger partial charge in [-0.05, 0) is 44.0 Å². The maximum absolute atomic E-state index is 12.6. The number of amides is 1. The Bertz CT molecular complexity index is 643. The van der Waals surface area contributed by atoms with Gasteiger partial charge in [-0.3, -0.25) is 4.79 Å². The zero-order valence-electron chi connectivity index (χ0n) is 14.4. The van der Waals surface area contributed by atoms with Crippen LogP contribution >= 0.6 is 0 Å². The molecule has 7 heteroatoms. The summed E-state index contributed by atoms with van der Waals surface area (Å²) < 4.78 is 31.0. The third-order valence-corrected chi connectivity index (χ3v) is 5.96. The largest absolute Gasteiger partial charge is 0.494 e. The van der Waals surface area contributed by atoms with E-state index < -0.39 is 10.0 Å². The maximum Gasteiger partial charge on any atom is 0.253 e. The molecule has 1 aromatic carbocycles. The molecular weight excluding hydrogens is 328 g/mol. The summed E-state index contributed by atoms with van der Waals surface area (Å²) in [6, 6.07) is 7.13. The van der Waals surface area contributed by atoms with Gasteiger partial charge in [0.05, 0.1) is 12.4 Å². The van der Waals surface area contributed by atoms with Crippen molar-refractivity contribution in [1.29, 1.82) is 0 Å². The van der Waals surface area contributed by atoms with E-state index in [1.54, 1.807) is 36.1 Å². The molecule has 0 saturated carbocycles. The van der Waals surface area contributed by atoms with Gasteiger partial charge in [0.1, 0.15) is 5.75 Å². The highest BCUT2D eigenvalue weighted by atomic mass is 32.2. The monoisotopic (exact) mass is 354 g/mol. The Labute approximate surface area is 144 Å². The van der Waals surface area contributed by atoms with E-state index in [0.717, 1.165) is 12.2 Å². The van der Waals surface area contributed by atoms with Gasteiger partial charge in [-0.15, -0.1) is 0 Å². The predicted molar refractivity (Wildman–Crippen MR) is 93.8 cm³/mol. The summed E-state index contributed by atoms with van der Waals surface area (Å²) in [6.45, 7) is 6.17. The SMILES string of the molecule is CCCOc1ccc(C(=O)N2CCCN(S(=O)(=O)CC)CC2)cc1. The van der Waals surface area contributed by atoms with Gasteiger partial charge in [0.25, 0.3) is 5.91 Å². The molecule has 0 bridgehead atoms. The van der Waals surface area contributed by atoms with Crippen LogP contribution in [0.2, 0.25) is 0 Å². The van der Waals surface area contributed by atoms with E-state index in [-0.39, 0.29) is 11.7 Å². The Morgan fingerprint density at radius 3 is 2.42 bits per heavy atom. The van der Waals surface area contributed by atoms with Gasteiger partial charge in [0.15, 0.2) is 0 Å². The molecule has 24 heavy (non-hydrogen) atoms. The molecule has 1 amide bonds. The van der Waals surface area contributed by atoms with Gasteiger partial charge in [-0.1, -0.05) is 6.92 Å². The Morgan fingerprint density at radius 1 is 1.08 bits per heavy atom. The van der Waals surface area contributed by atoms with Crippen LogP contribution in [0.5, 0.6) is 5.75 Å². The third-order valence-electron chi connectivity index (χ3n) is 4.07. The molecule has 0 aliphatic carbocycles. The summed E-state index contributed by atoms with van der Waals surface area (Å²) in [5, 5.41) is 0. The molecule has 0 aromatic heterocycles. The molecule has 0 radical (unpaired) electrons. The number of nitrogens with zero attached hydrogens (tertiary/aromatic N) is 2. The number of hydrogen-bond donors (Lipinski definition) is 0. The van der Waals surface area contributed by atoms with E-state index in [0.29, 0.717) is 44.8 Å². The predicted octanol–water partition coefficient (Wildman–Crippen LogP) is 1.97. The van der Waals surface area contributed by atoms with Crippen molar-refractivity contribution in [2.75, 3.05) is 38.5 Å². The number of hydrogen-bond acceptors (Lipinski definition) is 4. The fourth-order valence-corrected chi connectivity index (χ4v) is 3.79. The van der Waals surface area contributed by atoms with Crippen molar-refractivity contribution in [2.45, 2.75) is 26.7 Å². The molecule has 1 aliphatic rings. The second-order valence-corrected chi connectivity index (χ2v) is 8.08. The molecule has 0 N–H and O–H groups in total. The molecule has 2 rings (SSSR count). The van der Waals surface area contributed by atoms with Crippen LogP contribution in [0.3, 0.4) is 0 Å². The summed E-state index contributed by atoms with van der Waals surface area (Å²) in [4.78, 5) is 14.4. The van der Waals surface area contributed by atoms with Gasteiger partial charge in [0, 0.05) is 31.7 Å². The average molecular weight is 354 g/mol. The van der Waals surface area contributed by atoms with Crippen molar-refractivity contribution in [2.24, 2.45) is 0 Å². The average Bonchev–Trinajstić information content (AvgIpc) is 2.86. The molecule has 134 valence electrons. The second kappa shape index (κ2) is 8.48. The summed E-state index contributed by atoms with van der Waals surface area (Å²) in [5.41, 5.74) is 0.602. The summed E-state index contributed by atoms with van der Waals surface area (Å²) in [6.07, 6.45) is 1.59. The van der Waals surface area contributed by atoms with Gasteiger partial charge in [-0.2, -0.15) is 0 Å². The second-order valence-electron chi connectivity index (χ2n) is 5.82. The van der Waals surface area contributed by atoms with Crippen LogP contribution in [0.4, 0.5) is 0 Å². The highest BCUT2D eigenvalue weighted by Gasteiger charge is 2.25. The van der Waals surface area contributed by atoms with E-state index in [1.165, 1.54) is 4.31 Å². The molecule has 1 fully saturated rings. The molecule has 0 unspecified atom stereocenters. The van der Waals surface area contributed by atoms with E-state index in [1.807, 2.05) is 6.92 Å². The Balaban J connectivity index is 2.00. The first-order valence-corrected chi connectivity index (χ1v) is 10.1. The standard InChI is InChI=1S/C17H26N2O4S/c1-3-14-23-16-8-6-15(7-9-16)17(20)18-10-5-11-19(13-12-18)24(21,22)4-2/h6-9H,3-5,10-14H2,1-2H3. The molecule has 6 nitrogen and oxygen atoms in total. The Morgan fingerprint density at radius 2 is 1.79 bits per heavy atom. The van der Waals surface area contributed by atoms with Crippen LogP contribution in [0.15, 0.2) is 24.3 Å². The third kappa shape index (κ3) is 4.70. The van der Waals surface area contributed by atoms with Crippen molar-refractivity contribution in [3.8, 4) is 5.75 Å². The highest BCUT2D eigenvalue weighted by molar-refractivity contribution is 7.89. The maximum atomic E-state index is 12.6. The van der Waals surface area contributed by atoms with Gasteiger partial charge >= 0.3 is 0 Å². The molecule has 1 heterocycles. The van der Waals surface area contributed by atoms with E-state index >= 15 is 0 Å². The normalized spacial score (nSPS) is 16.7. The first-order valence-electron chi connectivity index (χ1n) is 8.48. The lowest BCUT2D eigenvalue weighted by Crippen LogP contribution is -2.37. The van der Waals surface area contributed by atoms with E-state index in [4.69, 9.17) is 4.74 Å². The summed E-state index contributed by atoms with van der Waals surface area (Å²) in [7, 11) is -3.19. The summed E-state index contributed by atoms with van der Waals surface area (Å²) >= 11 is 0. The fourth-order valence-electron chi connectivity index (χ4n) is 2.65. The van der Waals surface area contributed by atoms with Crippen LogP contribution in [0.1, 0.15) is 37.0 Å². The lowest BCUT2D eigenvalue weighted by atomic mass is 10.2. The number of ether oxygens (including phenoxy) is 1. The first kappa shape index (κ1) is 18.7. The Hall–Kier alpha value is -1.60. The zero-order chi connectivity index (χ0) is 17.6. The van der Waals surface area contributed by atoms with Crippen LogP contribution in [0, 0.1) is 0 Å². The number of rotatable bonds is 6. The minimum atomic E-state index is -3.19. The number of carbonyl (C=O) groups is 1. The first-order chi connectivity index (χ1) is 11.5. The summed E-state index contributed by atoms with van der Waals surface area (Å²) in [5.74, 6) is 0.789. The van der Waals surface area contributed by atoms with Crippen molar-refractivity contribution in [3.05, 3.63) is 29.8 Å². The molecule has 1 aliphatic heterocycles. The van der Waals surface area contributed by atoms with Crippen LogP contribution < -0.4 is 4.74 Å². The Kier molecular flexibility index (Phi) is 6.62. The van der Waals surface area contributed by atoms with Gasteiger partial charge in [0.2, 0.25) is 10.0 Å². The van der Waals surface area contributed by atoms with Crippen molar-refractivity contribution >= 4 is 15.9 Å². The number of carbonyl (C=O) groups excluding carboxylic acids is 1. The van der Waals surface area contributed by atoms with E-state index in [9.17, 15) is 13.2 Å². The van der Waals surface area contributed by atoms with Crippen molar-refractivity contribution in [1.82, 2.24) is 9.21 Å². The smallest absolute Gasteiger partial charge is 0.253 e. The van der Waals surface area contributed by atoms with Gasteiger partial charge < -0.3 is 9.64 Å². The number of sulfonamides is 1. The molecule has 1 saturated heterocycles. The topological polar surface area (TPSA) is 66.9 Å². The molecule has 0 spiro atoms. The molecule has 1 aromatic rings. The number of benzene rings is 1.